The second-order valence-corrected chi connectivity index (χ2v) is 7.00. The zero-order chi connectivity index (χ0) is 21.3. The maximum absolute atomic E-state index is 14.1. The van der Waals surface area contributed by atoms with E-state index in [1.807, 2.05) is 0 Å². The van der Waals surface area contributed by atoms with E-state index in [4.69, 9.17) is 11.6 Å². The molecule has 0 saturated heterocycles. The fourth-order valence-electron chi connectivity index (χ4n) is 2.61. The predicted molar refractivity (Wildman–Crippen MR) is 103 cm³/mol. The molecular formula is C19H11ClF3NO4S. The predicted octanol–water partition coefficient (Wildman–Crippen LogP) is 5.44. The topological polar surface area (TPSA) is 75.6 Å². The minimum absolute atomic E-state index is 0.122. The Morgan fingerprint density at radius 3 is 2.38 bits per heavy atom. The molecule has 0 aliphatic rings. The van der Waals surface area contributed by atoms with Crippen LogP contribution in [0.4, 0.5) is 18.2 Å². The summed E-state index contributed by atoms with van der Waals surface area (Å²) in [6, 6.07) is 6.79. The standard InChI is InChI=1S/C19H11ClF3NO4S/c1-28-16-12(21)6-10(14(22)15(16)23)17(25)24-18-13(19(26)27)11(7-29-18)8-2-4-9(20)5-3-8/h2-7H,1H3,(H,24,25)(H,26,27). The van der Waals surface area contributed by atoms with Crippen LogP contribution < -0.4 is 10.1 Å². The third kappa shape index (κ3) is 3.92. The summed E-state index contributed by atoms with van der Waals surface area (Å²) in [7, 11) is 0.948. The lowest BCUT2D eigenvalue weighted by Gasteiger charge is -2.10. The third-order valence-electron chi connectivity index (χ3n) is 3.95. The Kier molecular flexibility index (Phi) is 5.81. The lowest BCUT2D eigenvalue weighted by Crippen LogP contribution is -2.17. The van der Waals surface area contributed by atoms with E-state index in [1.54, 1.807) is 24.3 Å². The summed E-state index contributed by atoms with van der Waals surface area (Å²) in [6.45, 7) is 0. The number of aromatic carboxylic acids is 1. The van der Waals surface area contributed by atoms with E-state index >= 15 is 0 Å². The number of hydrogen-bond acceptors (Lipinski definition) is 4. The number of rotatable bonds is 5. The summed E-state index contributed by atoms with van der Waals surface area (Å²) in [5, 5.41) is 13.6. The Bertz CT molecular complexity index is 1120. The lowest BCUT2D eigenvalue weighted by molar-refractivity contribution is 0.0699. The molecule has 0 unspecified atom stereocenters. The highest BCUT2D eigenvalue weighted by Crippen LogP contribution is 2.36. The molecule has 0 saturated carbocycles. The van der Waals surface area contributed by atoms with Crippen LogP contribution in [0.3, 0.4) is 0 Å². The monoisotopic (exact) mass is 441 g/mol. The summed E-state index contributed by atoms with van der Waals surface area (Å²) in [4.78, 5) is 24.1. The fourth-order valence-corrected chi connectivity index (χ4v) is 3.69. The Morgan fingerprint density at radius 1 is 1.14 bits per heavy atom. The molecule has 0 radical (unpaired) electrons. The number of thiophene rings is 1. The molecule has 2 N–H and O–H groups in total. The van der Waals surface area contributed by atoms with Crippen molar-refractivity contribution in [2.75, 3.05) is 12.4 Å². The van der Waals surface area contributed by atoms with E-state index in [2.05, 4.69) is 10.1 Å². The number of carbonyl (C=O) groups is 2. The quantitative estimate of drug-likeness (QED) is 0.516. The van der Waals surface area contributed by atoms with E-state index < -0.39 is 40.6 Å². The minimum atomic E-state index is -1.66. The highest BCUT2D eigenvalue weighted by molar-refractivity contribution is 7.15. The van der Waals surface area contributed by atoms with Gasteiger partial charge in [0.15, 0.2) is 17.4 Å². The second-order valence-electron chi connectivity index (χ2n) is 5.69. The molecule has 2 aromatic carbocycles. The number of halogens is 4. The van der Waals surface area contributed by atoms with Gasteiger partial charge in [0.1, 0.15) is 10.6 Å². The number of nitrogens with one attached hydrogen (secondary N) is 1. The SMILES string of the molecule is COc1c(F)cc(C(=O)Nc2scc(-c3ccc(Cl)cc3)c2C(=O)O)c(F)c1F. The number of benzene rings is 2. The molecule has 1 heterocycles. The van der Waals surface area contributed by atoms with Gasteiger partial charge in [0.2, 0.25) is 5.82 Å². The van der Waals surface area contributed by atoms with Crippen molar-refractivity contribution in [3.8, 4) is 16.9 Å². The first-order chi connectivity index (χ1) is 13.7. The molecule has 0 bridgehead atoms. The number of carboxylic acids is 1. The molecule has 3 aromatic rings. The van der Waals surface area contributed by atoms with Crippen molar-refractivity contribution in [1.82, 2.24) is 0 Å². The van der Waals surface area contributed by atoms with E-state index in [9.17, 15) is 27.9 Å². The molecular weight excluding hydrogens is 431 g/mol. The summed E-state index contributed by atoms with van der Waals surface area (Å²) >= 11 is 6.70. The zero-order valence-corrected chi connectivity index (χ0v) is 16.1. The molecule has 150 valence electrons. The van der Waals surface area contributed by atoms with Crippen molar-refractivity contribution in [3.63, 3.8) is 0 Å². The van der Waals surface area contributed by atoms with Crippen molar-refractivity contribution < 1.29 is 32.6 Å². The van der Waals surface area contributed by atoms with Gasteiger partial charge in [0.05, 0.1) is 12.7 Å². The number of carboxylic acid groups (broad SMARTS) is 1. The van der Waals surface area contributed by atoms with Gasteiger partial charge >= 0.3 is 5.97 Å². The number of hydrogen-bond donors (Lipinski definition) is 2. The number of amides is 1. The molecule has 1 amide bonds. The molecule has 10 heteroatoms. The summed E-state index contributed by atoms with van der Waals surface area (Å²) in [5.74, 6) is -8.08. The number of ether oxygens (including phenoxy) is 1. The highest BCUT2D eigenvalue weighted by atomic mass is 35.5. The molecule has 0 aliphatic carbocycles. The zero-order valence-electron chi connectivity index (χ0n) is 14.6. The van der Waals surface area contributed by atoms with Crippen LogP contribution in [0.15, 0.2) is 35.7 Å². The molecule has 5 nitrogen and oxygen atoms in total. The Morgan fingerprint density at radius 2 is 1.79 bits per heavy atom. The van der Waals surface area contributed by atoms with Crippen molar-refractivity contribution in [2.24, 2.45) is 0 Å². The summed E-state index contributed by atoms with van der Waals surface area (Å²) in [5.41, 5.74) is -0.364. The van der Waals surface area contributed by atoms with Gasteiger partial charge in [-0.3, -0.25) is 4.79 Å². The molecule has 0 fully saturated rings. The molecule has 29 heavy (non-hydrogen) atoms. The van der Waals surface area contributed by atoms with Gasteiger partial charge in [0.25, 0.3) is 5.91 Å². The van der Waals surface area contributed by atoms with Crippen LogP contribution >= 0.6 is 22.9 Å². The molecule has 0 atom stereocenters. The summed E-state index contributed by atoms with van der Waals surface area (Å²) < 4.78 is 46.3. The van der Waals surface area contributed by atoms with Gasteiger partial charge in [0, 0.05) is 16.0 Å². The molecule has 1 aromatic heterocycles. The van der Waals surface area contributed by atoms with Gasteiger partial charge in [-0.15, -0.1) is 11.3 Å². The van der Waals surface area contributed by atoms with E-state index in [0.717, 1.165) is 18.4 Å². The van der Waals surface area contributed by atoms with Crippen molar-refractivity contribution in [1.29, 1.82) is 0 Å². The van der Waals surface area contributed by atoms with Crippen LogP contribution in [0, 0.1) is 17.5 Å². The average Bonchev–Trinajstić information content (AvgIpc) is 3.09. The molecule has 0 aliphatic heterocycles. The van der Waals surface area contributed by atoms with Crippen LogP contribution in [0.2, 0.25) is 5.02 Å². The second kappa shape index (κ2) is 8.14. The van der Waals surface area contributed by atoms with Crippen LogP contribution in [-0.4, -0.2) is 24.1 Å². The minimum Gasteiger partial charge on any atom is -0.491 e. The number of anilines is 1. The Balaban J connectivity index is 2.00. The molecule has 3 rings (SSSR count). The van der Waals surface area contributed by atoms with Gasteiger partial charge in [-0.05, 0) is 23.8 Å². The Hall–Kier alpha value is -3.04. The normalized spacial score (nSPS) is 10.7. The van der Waals surface area contributed by atoms with Gasteiger partial charge in [-0.25, -0.2) is 13.6 Å². The van der Waals surface area contributed by atoms with E-state index in [1.165, 1.54) is 5.38 Å². The van der Waals surface area contributed by atoms with Gasteiger partial charge in [-0.2, -0.15) is 4.39 Å². The lowest BCUT2D eigenvalue weighted by atomic mass is 10.0. The largest absolute Gasteiger partial charge is 0.491 e. The number of methoxy groups -OCH3 is 1. The van der Waals surface area contributed by atoms with Crippen LogP contribution in [0.1, 0.15) is 20.7 Å². The van der Waals surface area contributed by atoms with Crippen LogP contribution in [-0.2, 0) is 0 Å². The summed E-state index contributed by atoms with van der Waals surface area (Å²) in [6.07, 6.45) is 0. The maximum Gasteiger partial charge on any atom is 0.339 e. The average molecular weight is 442 g/mol. The van der Waals surface area contributed by atoms with Crippen molar-refractivity contribution in [2.45, 2.75) is 0 Å². The number of carbonyl (C=O) groups excluding carboxylic acids is 1. The first-order valence-electron chi connectivity index (χ1n) is 7.88. The van der Waals surface area contributed by atoms with Crippen LogP contribution in [0.5, 0.6) is 5.75 Å². The van der Waals surface area contributed by atoms with E-state index in [-0.39, 0.29) is 10.6 Å². The van der Waals surface area contributed by atoms with Gasteiger partial charge in [-0.1, -0.05) is 23.7 Å². The highest BCUT2D eigenvalue weighted by Gasteiger charge is 2.26. The maximum atomic E-state index is 14.1. The van der Waals surface area contributed by atoms with Crippen molar-refractivity contribution >= 4 is 39.8 Å². The van der Waals surface area contributed by atoms with E-state index in [0.29, 0.717) is 22.2 Å². The van der Waals surface area contributed by atoms with Gasteiger partial charge < -0.3 is 15.2 Å². The first kappa shape index (κ1) is 20.7. The van der Waals surface area contributed by atoms with Crippen LogP contribution in [0.25, 0.3) is 11.1 Å². The smallest absolute Gasteiger partial charge is 0.339 e. The first-order valence-corrected chi connectivity index (χ1v) is 9.13. The molecule has 0 spiro atoms. The van der Waals surface area contributed by atoms with Crippen molar-refractivity contribution in [3.05, 3.63) is 69.3 Å². The Labute approximate surface area is 171 Å². The fraction of sp³-hybridized carbons (Fsp3) is 0.0526. The third-order valence-corrected chi connectivity index (χ3v) is 5.10.